The van der Waals surface area contributed by atoms with Crippen LogP contribution in [0.3, 0.4) is 0 Å². The molecule has 0 N–H and O–H groups in total. The summed E-state index contributed by atoms with van der Waals surface area (Å²) in [6.07, 6.45) is 7.28. The molecule has 0 unspecified atom stereocenters. The molecule has 1 aliphatic rings. The van der Waals surface area contributed by atoms with Gasteiger partial charge in [0, 0.05) is 0 Å². The predicted molar refractivity (Wildman–Crippen MR) is 63.9 cm³/mol. The zero-order valence-electron chi connectivity index (χ0n) is 9.82. The first-order valence-electron chi connectivity index (χ1n) is 6.21. The van der Waals surface area contributed by atoms with Crippen LogP contribution in [-0.2, 0) is 0 Å². The Bertz CT molecular complexity index is 382. The third-order valence-electron chi connectivity index (χ3n) is 3.21. The van der Waals surface area contributed by atoms with Gasteiger partial charge in [-0.2, -0.15) is 0 Å². The van der Waals surface area contributed by atoms with Crippen LogP contribution in [0.5, 0.6) is 5.75 Å². The number of aldehydes is 1. The number of benzene rings is 1. The van der Waals surface area contributed by atoms with Crippen molar-refractivity contribution in [2.45, 2.75) is 44.6 Å². The Morgan fingerprint density at radius 1 is 1.18 bits per heavy atom. The smallest absolute Gasteiger partial charge is 0.165 e. The largest absolute Gasteiger partial charge is 0.487 e. The number of halogens is 1. The van der Waals surface area contributed by atoms with Crippen molar-refractivity contribution in [3.8, 4) is 5.75 Å². The minimum Gasteiger partial charge on any atom is -0.487 e. The second-order valence-corrected chi connectivity index (χ2v) is 4.51. The van der Waals surface area contributed by atoms with Gasteiger partial charge in [0.25, 0.3) is 0 Å². The van der Waals surface area contributed by atoms with Gasteiger partial charge in [0.15, 0.2) is 17.9 Å². The minimum atomic E-state index is -0.446. The van der Waals surface area contributed by atoms with Crippen LogP contribution in [0.2, 0.25) is 0 Å². The summed E-state index contributed by atoms with van der Waals surface area (Å²) in [5.41, 5.74) is 0.300. The molecule has 1 aromatic carbocycles. The highest BCUT2D eigenvalue weighted by atomic mass is 19.1. The van der Waals surface area contributed by atoms with E-state index in [1.54, 1.807) is 6.07 Å². The zero-order valence-corrected chi connectivity index (χ0v) is 9.82. The van der Waals surface area contributed by atoms with E-state index in [0.717, 1.165) is 25.7 Å². The fraction of sp³-hybridized carbons (Fsp3) is 0.500. The van der Waals surface area contributed by atoms with Crippen molar-refractivity contribution in [3.63, 3.8) is 0 Å². The van der Waals surface area contributed by atoms with Crippen molar-refractivity contribution < 1.29 is 13.9 Å². The van der Waals surface area contributed by atoms with Crippen LogP contribution < -0.4 is 4.74 Å². The van der Waals surface area contributed by atoms with E-state index in [9.17, 15) is 9.18 Å². The lowest BCUT2D eigenvalue weighted by molar-refractivity contribution is 0.111. The molecule has 92 valence electrons. The molecule has 0 aromatic heterocycles. The van der Waals surface area contributed by atoms with Gasteiger partial charge in [-0.15, -0.1) is 0 Å². The van der Waals surface area contributed by atoms with Crippen LogP contribution in [-0.4, -0.2) is 12.4 Å². The summed E-state index contributed by atoms with van der Waals surface area (Å²) in [5, 5.41) is 0. The summed E-state index contributed by atoms with van der Waals surface area (Å²) in [4.78, 5) is 10.8. The molecule has 2 rings (SSSR count). The molecule has 2 nitrogen and oxygen atoms in total. The normalized spacial score (nSPS) is 17.5. The van der Waals surface area contributed by atoms with E-state index in [1.165, 1.54) is 25.0 Å². The maximum Gasteiger partial charge on any atom is 0.165 e. The van der Waals surface area contributed by atoms with Gasteiger partial charge < -0.3 is 4.74 Å². The summed E-state index contributed by atoms with van der Waals surface area (Å²) >= 11 is 0. The first-order valence-corrected chi connectivity index (χ1v) is 6.21. The highest BCUT2D eigenvalue weighted by Crippen LogP contribution is 2.27. The lowest BCUT2D eigenvalue weighted by Gasteiger charge is -2.18. The monoisotopic (exact) mass is 236 g/mol. The number of rotatable bonds is 3. The van der Waals surface area contributed by atoms with Crippen LogP contribution in [0.4, 0.5) is 4.39 Å². The summed E-state index contributed by atoms with van der Waals surface area (Å²) < 4.78 is 19.3. The van der Waals surface area contributed by atoms with Gasteiger partial charge in [-0.05, 0) is 37.8 Å². The fourth-order valence-electron chi connectivity index (χ4n) is 2.27. The molecule has 0 radical (unpaired) electrons. The summed E-state index contributed by atoms with van der Waals surface area (Å²) in [7, 11) is 0. The van der Waals surface area contributed by atoms with Crippen molar-refractivity contribution in [2.24, 2.45) is 0 Å². The van der Waals surface area contributed by atoms with E-state index in [4.69, 9.17) is 4.74 Å². The average Bonchev–Trinajstić information content (AvgIpc) is 2.60. The second kappa shape index (κ2) is 5.80. The molecule has 0 spiro atoms. The molecular weight excluding hydrogens is 219 g/mol. The summed E-state index contributed by atoms with van der Waals surface area (Å²) in [6, 6.07) is 4.44. The van der Waals surface area contributed by atoms with Crippen LogP contribution >= 0.6 is 0 Å². The van der Waals surface area contributed by atoms with Crippen molar-refractivity contribution >= 4 is 6.29 Å². The highest BCUT2D eigenvalue weighted by Gasteiger charge is 2.17. The first-order chi connectivity index (χ1) is 8.31. The Kier molecular flexibility index (Phi) is 4.13. The highest BCUT2D eigenvalue weighted by molar-refractivity contribution is 5.79. The second-order valence-electron chi connectivity index (χ2n) is 4.51. The molecule has 0 saturated heterocycles. The SMILES string of the molecule is O=Cc1cccc(F)c1OC1CCCCCC1. The van der Waals surface area contributed by atoms with Crippen molar-refractivity contribution in [1.29, 1.82) is 0 Å². The number of hydrogen-bond donors (Lipinski definition) is 0. The third-order valence-corrected chi connectivity index (χ3v) is 3.21. The third kappa shape index (κ3) is 3.05. The molecule has 0 aliphatic heterocycles. The summed E-state index contributed by atoms with van der Waals surface area (Å²) in [5.74, 6) is -0.326. The summed E-state index contributed by atoms with van der Waals surface area (Å²) in [6.45, 7) is 0. The van der Waals surface area contributed by atoms with E-state index in [2.05, 4.69) is 0 Å². The molecular formula is C14H17FO2. The van der Waals surface area contributed by atoms with E-state index in [-0.39, 0.29) is 11.9 Å². The first kappa shape index (κ1) is 12.1. The van der Waals surface area contributed by atoms with Gasteiger partial charge in [0.2, 0.25) is 0 Å². The molecule has 0 bridgehead atoms. The van der Waals surface area contributed by atoms with Crippen LogP contribution in [0.25, 0.3) is 0 Å². The molecule has 1 saturated carbocycles. The van der Waals surface area contributed by atoms with Crippen molar-refractivity contribution in [3.05, 3.63) is 29.6 Å². The predicted octanol–water partition coefficient (Wildman–Crippen LogP) is 3.74. The number of carbonyl (C=O) groups is 1. The lowest BCUT2D eigenvalue weighted by atomic mass is 10.1. The van der Waals surface area contributed by atoms with Crippen LogP contribution in [0, 0.1) is 5.82 Å². The van der Waals surface area contributed by atoms with E-state index in [0.29, 0.717) is 11.8 Å². The molecule has 17 heavy (non-hydrogen) atoms. The quantitative estimate of drug-likeness (QED) is 0.590. The topological polar surface area (TPSA) is 26.3 Å². The molecule has 1 aliphatic carbocycles. The van der Waals surface area contributed by atoms with Crippen molar-refractivity contribution in [1.82, 2.24) is 0 Å². The molecule has 0 atom stereocenters. The Balaban J connectivity index is 2.13. The van der Waals surface area contributed by atoms with Gasteiger partial charge in [0.1, 0.15) is 0 Å². The molecule has 1 aromatic rings. The lowest BCUT2D eigenvalue weighted by Crippen LogP contribution is -2.16. The average molecular weight is 236 g/mol. The molecule has 3 heteroatoms. The van der Waals surface area contributed by atoms with Gasteiger partial charge >= 0.3 is 0 Å². The Morgan fingerprint density at radius 3 is 2.53 bits per heavy atom. The number of carbonyl (C=O) groups excluding carboxylic acids is 1. The maximum absolute atomic E-state index is 13.6. The Morgan fingerprint density at radius 2 is 1.88 bits per heavy atom. The van der Waals surface area contributed by atoms with E-state index < -0.39 is 5.82 Å². The molecule has 0 amide bonds. The van der Waals surface area contributed by atoms with Crippen LogP contribution in [0.15, 0.2) is 18.2 Å². The molecule has 0 heterocycles. The molecule has 1 fully saturated rings. The Hall–Kier alpha value is -1.38. The van der Waals surface area contributed by atoms with Gasteiger partial charge in [-0.25, -0.2) is 4.39 Å². The number of para-hydroxylation sites is 1. The Labute approximate surface area is 101 Å². The minimum absolute atomic E-state index is 0.0492. The maximum atomic E-state index is 13.6. The fourth-order valence-corrected chi connectivity index (χ4v) is 2.27. The van der Waals surface area contributed by atoms with E-state index in [1.807, 2.05) is 0 Å². The van der Waals surface area contributed by atoms with Gasteiger partial charge in [-0.1, -0.05) is 18.9 Å². The zero-order chi connectivity index (χ0) is 12.1. The van der Waals surface area contributed by atoms with Gasteiger partial charge in [-0.3, -0.25) is 4.79 Å². The van der Waals surface area contributed by atoms with Crippen molar-refractivity contribution in [2.75, 3.05) is 0 Å². The van der Waals surface area contributed by atoms with Crippen LogP contribution in [0.1, 0.15) is 48.9 Å². The van der Waals surface area contributed by atoms with Gasteiger partial charge in [0.05, 0.1) is 11.7 Å². The number of hydrogen-bond acceptors (Lipinski definition) is 2. The van der Waals surface area contributed by atoms with E-state index >= 15 is 0 Å². The standard InChI is InChI=1S/C14H17FO2/c15-13-9-5-6-11(10-16)14(13)17-12-7-3-1-2-4-8-12/h5-6,9-10,12H,1-4,7-8H2. The number of ether oxygens (including phenoxy) is 1.